The summed E-state index contributed by atoms with van der Waals surface area (Å²) in [6, 6.07) is 4.55. The van der Waals surface area contributed by atoms with Gasteiger partial charge in [0.15, 0.2) is 0 Å². The summed E-state index contributed by atoms with van der Waals surface area (Å²) < 4.78 is 17.8. The SMILES string of the molecule is COc1cc(F)ccc1CC(C)N. The molecule has 0 aliphatic carbocycles. The first kappa shape index (κ1) is 9.99. The molecule has 3 heteroatoms. The van der Waals surface area contributed by atoms with Gasteiger partial charge in [-0.25, -0.2) is 4.39 Å². The zero-order valence-electron chi connectivity index (χ0n) is 7.88. The van der Waals surface area contributed by atoms with E-state index in [-0.39, 0.29) is 11.9 Å². The quantitative estimate of drug-likeness (QED) is 0.774. The minimum absolute atomic E-state index is 0.0550. The lowest BCUT2D eigenvalue weighted by Gasteiger charge is -2.10. The largest absolute Gasteiger partial charge is 0.496 e. The molecule has 2 N–H and O–H groups in total. The van der Waals surface area contributed by atoms with Crippen molar-refractivity contribution in [1.82, 2.24) is 0 Å². The molecule has 0 radical (unpaired) electrons. The minimum Gasteiger partial charge on any atom is -0.496 e. The molecule has 0 aromatic heterocycles. The lowest BCUT2D eigenvalue weighted by atomic mass is 10.1. The fourth-order valence-corrected chi connectivity index (χ4v) is 1.23. The Bertz CT molecular complexity index is 286. The number of hydrogen-bond acceptors (Lipinski definition) is 2. The van der Waals surface area contributed by atoms with Gasteiger partial charge in [-0.1, -0.05) is 6.07 Å². The van der Waals surface area contributed by atoms with Crippen molar-refractivity contribution in [3.8, 4) is 5.75 Å². The topological polar surface area (TPSA) is 35.2 Å². The number of methoxy groups -OCH3 is 1. The molecule has 0 amide bonds. The molecule has 1 unspecified atom stereocenters. The minimum atomic E-state index is -0.287. The zero-order chi connectivity index (χ0) is 9.84. The molecule has 1 aromatic rings. The van der Waals surface area contributed by atoms with Crippen LogP contribution in [-0.4, -0.2) is 13.2 Å². The zero-order valence-corrected chi connectivity index (χ0v) is 7.88. The van der Waals surface area contributed by atoms with E-state index in [9.17, 15) is 4.39 Å². The van der Waals surface area contributed by atoms with Crippen LogP contribution in [0.2, 0.25) is 0 Å². The number of benzene rings is 1. The molecule has 72 valence electrons. The van der Waals surface area contributed by atoms with Gasteiger partial charge in [-0.05, 0) is 25.0 Å². The van der Waals surface area contributed by atoms with Crippen LogP contribution < -0.4 is 10.5 Å². The standard InChI is InChI=1S/C10H14FNO/c1-7(12)5-8-3-4-9(11)6-10(8)13-2/h3-4,6-7H,5,12H2,1-2H3. The number of hydrogen-bond donors (Lipinski definition) is 1. The second kappa shape index (κ2) is 4.23. The van der Waals surface area contributed by atoms with Crippen LogP contribution in [-0.2, 0) is 6.42 Å². The highest BCUT2D eigenvalue weighted by molar-refractivity contribution is 5.34. The molecular formula is C10H14FNO. The van der Waals surface area contributed by atoms with Crippen molar-refractivity contribution >= 4 is 0 Å². The molecule has 1 atom stereocenters. The molecule has 0 aliphatic rings. The molecule has 0 aliphatic heterocycles. The Morgan fingerprint density at radius 2 is 2.23 bits per heavy atom. The first-order chi connectivity index (χ1) is 6.13. The van der Waals surface area contributed by atoms with E-state index in [1.54, 1.807) is 6.07 Å². The van der Waals surface area contributed by atoms with Crippen molar-refractivity contribution in [3.63, 3.8) is 0 Å². The third kappa shape index (κ3) is 2.70. The maximum atomic E-state index is 12.8. The van der Waals surface area contributed by atoms with E-state index in [4.69, 9.17) is 10.5 Å². The molecule has 0 saturated heterocycles. The average molecular weight is 183 g/mol. The highest BCUT2D eigenvalue weighted by Gasteiger charge is 2.06. The van der Waals surface area contributed by atoms with Gasteiger partial charge < -0.3 is 10.5 Å². The number of nitrogens with two attached hydrogens (primary N) is 1. The van der Waals surface area contributed by atoms with Crippen LogP contribution >= 0.6 is 0 Å². The maximum Gasteiger partial charge on any atom is 0.126 e. The van der Waals surface area contributed by atoms with Crippen molar-refractivity contribution in [2.24, 2.45) is 5.73 Å². The van der Waals surface area contributed by atoms with Crippen LogP contribution in [0.15, 0.2) is 18.2 Å². The van der Waals surface area contributed by atoms with Crippen LogP contribution in [0, 0.1) is 5.82 Å². The predicted octanol–water partition coefficient (Wildman–Crippen LogP) is 1.72. The van der Waals surface area contributed by atoms with E-state index >= 15 is 0 Å². The Labute approximate surface area is 77.5 Å². The van der Waals surface area contributed by atoms with E-state index in [1.165, 1.54) is 19.2 Å². The van der Waals surface area contributed by atoms with E-state index in [0.29, 0.717) is 12.2 Å². The van der Waals surface area contributed by atoms with E-state index in [0.717, 1.165) is 5.56 Å². The average Bonchev–Trinajstić information content (AvgIpc) is 2.07. The lowest BCUT2D eigenvalue weighted by Crippen LogP contribution is -2.18. The van der Waals surface area contributed by atoms with Gasteiger partial charge in [-0.3, -0.25) is 0 Å². The summed E-state index contributed by atoms with van der Waals surface area (Å²) >= 11 is 0. The van der Waals surface area contributed by atoms with Gasteiger partial charge in [0.05, 0.1) is 7.11 Å². The number of halogens is 1. The first-order valence-corrected chi connectivity index (χ1v) is 4.21. The molecule has 0 bridgehead atoms. The van der Waals surface area contributed by atoms with Gasteiger partial charge in [0.2, 0.25) is 0 Å². The lowest BCUT2D eigenvalue weighted by molar-refractivity contribution is 0.405. The third-order valence-corrected chi connectivity index (χ3v) is 1.79. The van der Waals surface area contributed by atoms with Crippen LogP contribution in [0.25, 0.3) is 0 Å². The van der Waals surface area contributed by atoms with Crippen LogP contribution in [0.5, 0.6) is 5.75 Å². The second-order valence-electron chi connectivity index (χ2n) is 3.14. The third-order valence-electron chi connectivity index (χ3n) is 1.79. The molecule has 0 spiro atoms. The van der Waals surface area contributed by atoms with E-state index < -0.39 is 0 Å². The Kier molecular flexibility index (Phi) is 3.25. The molecule has 0 heterocycles. The molecule has 1 aromatic carbocycles. The van der Waals surface area contributed by atoms with Gasteiger partial charge in [0.25, 0.3) is 0 Å². The second-order valence-corrected chi connectivity index (χ2v) is 3.14. The normalized spacial score (nSPS) is 12.6. The van der Waals surface area contributed by atoms with Crippen molar-refractivity contribution in [2.75, 3.05) is 7.11 Å². The van der Waals surface area contributed by atoms with Crippen molar-refractivity contribution in [3.05, 3.63) is 29.6 Å². The van der Waals surface area contributed by atoms with Crippen LogP contribution in [0.4, 0.5) is 4.39 Å². The summed E-state index contributed by atoms with van der Waals surface area (Å²) in [5.41, 5.74) is 6.58. The highest BCUT2D eigenvalue weighted by atomic mass is 19.1. The molecular weight excluding hydrogens is 169 g/mol. The van der Waals surface area contributed by atoms with Crippen molar-refractivity contribution < 1.29 is 9.13 Å². The monoisotopic (exact) mass is 183 g/mol. The Hall–Kier alpha value is -1.09. The van der Waals surface area contributed by atoms with Crippen molar-refractivity contribution in [2.45, 2.75) is 19.4 Å². The fourth-order valence-electron chi connectivity index (χ4n) is 1.23. The summed E-state index contributed by atoms with van der Waals surface area (Å²) in [4.78, 5) is 0. The molecule has 0 saturated carbocycles. The number of ether oxygens (including phenoxy) is 1. The van der Waals surface area contributed by atoms with Gasteiger partial charge in [-0.15, -0.1) is 0 Å². The highest BCUT2D eigenvalue weighted by Crippen LogP contribution is 2.20. The van der Waals surface area contributed by atoms with Crippen LogP contribution in [0.1, 0.15) is 12.5 Å². The Morgan fingerprint density at radius 1 is 1.54 bits per heavy atom. The summed E-state index contributed by atoms with van der Waals surface area (Å²) in [7, 11) is 1.53. The van der Waals surface area contributed by atoms with Gasteiger partial charge >= 0.3 is 0 Å². The fraction of sp³-hybridized carbons (Fsp3) is 0.400. The predicted molar refractivity (Wildman–Crippen MR) is 50.3 cm³/mol. The van der Waals surface area contributed by atoms with E-state index in [1.807, 2.05) is 6.92 Å². The van der Waals surface area contributed by atoms with Crippen molar-refractivity contribution in [1.29, 1.82) is 0 Å². The summed E-state index contributed by atoms with van der Waals surface area (Å²) in [5, 5.41) is 0. The van der Waals surface area contributed by atoms with Gasteiger partial charge in [0, 0.05) is 12.1 Å². The summed E-state index contributed by atoms with van der Waals surface area (Å²) in [5.74, 6) is 0.280. The summed E-state index contributed by atoms with van der Waals surface area (Å²) in [6.07, 6.45) is 0.698. The molecule has 2 nitrogen and oxygen atoms in total. The molecule has 0 fully saturated rings. The molecule has 13 heavy (non-hydrogen) atoms. The Morgan fingerprint density at radius 3 is 2.77 bits per heavy atom. The first-order valence-electron chi connectivity index (χ1n) is 4.21. The van der Waals surface area contributed by atoms with Gasteiger partial charge in [-0.2, -0.15) is 0 Å². The maximum absolute atomic E-state index is 12.8. The smallest absolute Gasteiger partial charge is 0.126 e. The van der Waals surface area contributed by atoms with Crippen LogP contribution in [0.3, 0.4) is 0 Å². The van der Waals surface area contributed by atoms with E-state index in [2.05, 4.69) is 0 Å². The molecule has 1 rings (SSSR count). The van der Waals surface area contributed by atoms with Gasteiger partial charge in [0.1, 0.15) is 11.6 Å². The number of rotatable bonds is 3. The Balaban J connectivity index is 2.92. The summed E-state index contributed by atoms with van der Waals surface area (Å²) in [6.45, 7) is 1.91.